The van der Waals surface area contributed by atoms with Gasteiger partial charge in [0.25, 0.3) is 0 Å². The lowest BCUT2D eigenvalue weighted by Gasteiger charge is -2.30. The van der Waals surface area contributed by atoms with E-state index in [-0.39, 0.29) is 73.1 Å². The molecule has 6 aromatic rings. The van der Waals surface area contributed by atoms with Crippen LogP contribution in [0.1, 0.15) is 19.4 Å². The summed E-state index contributed by atoms with van der Waals surface area (Å²) in [7, 11) is 2.97. The summed E-state index contributed by atoms with van der Waals surface area (Å²) < 4.78 is 29.3. The van der Waals surface area contributed by atoms with Crippen molar-refractivity contribution in [2.45, 2.75) is 19.4 Å². The SMILES string of the molecule is COc1ccc(-c2cc(=O)c3c(O)c4c(c(-c5cc(-c6cc(=O)c7c(O)cc(OC)cc7o6)ccc5O)c3o2)OC(C)(C)C=C4)cc1. The van der Waals surface area contributed by atoms with Gasteiger partial charge >= 0.3 is 0 Å². The molecule has 0 spiro atoms. The molecular formula is C37H28O10. The summed E-state index contributed by atoms with van der Waals surface area (Å²) in [4.78, 5) is 26.8. The maximum atomic E-state index is 13.7. The van der Waals surface area contributed by atoms with Gasteiger partial charge in [-0.2, -0.15) is 0 Å². The first kappa shape index (κ1) is 29.5. The molecule has 4 aromatic carbocycles. The Morgan fingerprint density at radius 3 is 2.06 bits per heavy atom. The molecule has 2 aromatic heterocycles. The summed E-state index contributed by atoms with van der Waals surface area (Å²) in [5.41, 5.74) is -0.173. The third kappa shape index (κ3) is 4.91. The van der Waals surface area contributed by atoms with E-state index in [0.29, 0.717) is 22.6 Å². The largest absolute Gasteiger partial charge is 0.507 e. The number of phenols is 3. The van der Waals surface area contributed by atoms with Crippen LogP contribution in [-0.2, 0) is 0 Å². The first-order chi connectivity index (χ1) is 22.5. The van der Waals surface area contributed by atoms with E-state index in [0.717, 1.165) is 0 Å². The second-order valence-electron chi connectivity index (χ2n) is 11.6. The molecule has 0 atom stereocenters. The van der Waals surface area contributed by atoms with Crippen LogP contribution in [0.3, 0.4) is 0 Å². The highest BCUT2D eigenvalue weighted by molar-refractivity contribution is 6.05. The highest BCUT2D eigenvalue weighted by Crippen LogP contribution is 2.51. The summed E-state index contributed by atoms with van der Waals surface area (Å²) in [6.45, 7) is 3.65. The van der Waals surface area contributed by atoms with Crippen molar-refractivity contribution in [1.29, 1.82) is 0 Å². The van der Waals surface area contributed by atoms with Gasteiger partial charge in [-0.05, 0) is 68.5 Å². The maximum Gasteiger partial charge on any atom is 0.197 e. The number of benzene rings is 4. The van der Waals surface area contributed by atoms with Crippen molar-refractivity contribution < 1.29 is 38.4 Å². The Hall–Kier alpha value is -6.16. The lowest BCUT2D eigenvalue weighted by atomic mass is 9.91. The highest BCUT2D eigenvalue weighted by atomic mass is 16.5. The van der Waals surface area contributed by atoms with Crippen LogP contribution >= 0.6 is 0 Å². The molecule has 236 valence electrons. The zero-order valence-electron chi connectivity index (χ0n) is 25.7. The third-order valence-electron chi connectivity index (χ3n) is 8.10. The van der Waals surface area contributed by atoms with Crippen LogP contribution in [-0.4, -0.2) is 35.1 Å². The lowest BCUT2D eigenvalue weighted by Crippen LogP contribution is -2.28. The first-order valence-corrected chi connectivity index (χ1v) is 14.6. The molecule has 0 unspecified atom stereocenters. The predicted molar refractivity (Wildman–Crippen MR) is 177 cm³/mol. The summed E-state index contributed by atoms with van der Waals surface area (Å²) in [5, 5.41) is 33.0. The van der Waals surface area contributed by atoms with Crippen LogP contribution in [0.5, 0.6) is 34.5 Å². The predicted octanol–water partition coefficient (Wildman–Crippen LogP) is 7.22. The van der Waals surface area contributed by atoms with Crippen LogP contribution < -0.4 is 25.1 Å². The van der Waals surface area contributed by atoms with Gasteiger partial charge in [0.2, 0.25) is 0 Å². The topological polar surface area (TPSA) is 149 Å². The molecule has 0 saturated heterocycles. The Kier molecular flexibility index (Phi) is 6.75. The van der Waals surface area contributed by atoms with Crippen LogP contribution in [0.15, 0.2) is 91.2 Å². The van der Waals surface area contributed by atoms with Crippen LogP contribution in [0.4, 0.5) is 0 Å². The standard InChI is InChI=1S/C37H28O10/c1-37(2)12-11-22-34(42)33-27(41)17-28(18-5-8-20(43-3)9-6-18)46-36(33)31(35(22)47-37)23-13-19(7-10-24(23)38)29-16-26(40)32-25(39)14-21(44-4)15-30(32)45-29/h5-17,38-39,42H,1-4H3. The average Bonchev–Trinajstić information content (AvgIpc) is 3.04. The summed E-state index contributed by atoms with van der Waals surface area (Å²) >= 11 is 0. The van der Waals surface area contributed by atoms with Crippen LogP contribution in [0.25, 0.3) is 61.8 Å². The Bertz CT molecular complexity index is 2400. The average molecular weight is 633 g/mol. The van der Waals surface area contributed by atoms with E-state index >= 15 is 0 Å². The maximum absolute atomic E-state index is 13.7. The van der Waals surface area contributed by atoms with Gasteiger partial charge in [0, 0.05) is 41.0 Å². The van der Waals surface area contributed by atoms with E-state index in [2.05, 4.69) is 0 Å². The third-order valence-corrected chi connectivity index (χ3v) is 8.10. The Morgan fingerprint density at radius 1 is 0.702 bits per heavy atom. The minimum atomic E-state index is -0.824. The smallest absolute Gasteiger partial charge is 0.197 e. The van der Waals surface area contributed by atoms with Crippen molar-refractivity contribution in [1.82, 2.24) is 0 Å². The lowest BCUT2D eigenvalue weighted by molar-refractivity contribution is 0.159. The molecule has 7 rings (SSSR count). The van der Waals surface area contributed by atoms with Crippen molar-refractivity contribution in [2.75, 3.05) is 14.2 Å². The number of fused-ring (bicyclic) bond motifs is 3. The molecule has 10 heteroatoms. The molecule has 0 bridgehead atoms. The molecule has 0 saturated carbocycles. The van der Waals surface area contributed by atoms with Crippen LogP contribution in [0, 0.1) is 0 Å². The van der Waals surface area contributed by atoms with E-state index < -0.39 is 16.5 Å². The fourth-order valence-electron chi connectivity index (χ4n) is 5.75. The van der Waals surface area contributed by atoms with E-state index in [1.165, 1.54) is 37.4 Å². The van der Waals surface area contributed by atoms with Gasteiger partial charge in [-0.15, -0.1) is 0 Å². The molecule has 0 fully saturated rings. The molecule has 0 radical (unpaired) electrons. The number of hydrogen-bond donors (Lipinski definition) is 3. The second kappa shape index (κ2) is 10.7. The Balaban J connectivity index is 1.53. The number of ether oxygens (including phenoxy) is 3. The van der Waals surface area contributed by atoms with Gasteiger partial charge in [-0.25, -0.2) is 0 Å². The number of aromatic hydroxyl groups is 3. The number of methoxy groups -OCH3 is 2. The fraction of sp³-hybridized carbons (Fsp3) is 0.135. The molecule has 3 heterocycles. The summed E-state index contributed by atoms with van der Waals surface area (Å²) in [6.07, 6.45) is 3.42. The molecule has 1 aliphatic heterocycles. The summed E-state index contributed by atoms with van der Waals surface area (Å²) in [6, 6.07) is 16.8. The molecule has 0 aliphatic carbocycles. The van der Waals surface area contributed by atoms with Crippen molar-refractivity contribution >= 4 is 28.0 Å². The molecule has 0 amide bonds. The molecule has 10 nitrogen and oxygen atoms in total. The van der Waals surface area contributed by atoms with Gasteiger partial charge in [-0.1, -0.05) is 0 Å². The van der Waals surface area contributed by atoms with Gasteiger partial charge in [0.15, 0.2) is 16.4 Å². The summed E-state index contributed by atoms with van der Waals surface area (Å²) in [5.74, 6) is 0.616. The minimum absolute atomic E-state index is 0.0117. The zero-order chi connectivity index (χ0) is 33.2. The van der Waals surface area contributed by atoms with Crippen LogP contribution in [0.2, 0.25) is 0 Å². The molecular weight excluding hydrogens is 604 g/mol. The van der Waals surface area contributed by atoms with E-state index in [1.54, 1.807) is 55.7 Å². The fourth-order valence-corrected chi connectivity index (χ4v) is 5.75. The van der Waals surface area contributed by atoms with Gasteiger partial charge in [0.1, 0.15) is 68.0 Å². The normalized spacial score (nSPS) is 13.4. The molecule has 1 aliphatic rings. The zero-order valence-corrected chi connectivity index (χ0v) is 25.7. The van der Waals surface area contributed by atoms with Gasteiger partial charge in [0.05, 0.1) is 25.3 Å². The van der Waals surface area contributed by atoms with Crippen molar-refractivity contribution in [3.05, 3.63) is 98.8 Å². The van der Waals surface area contributed by atoms with E-state index in [9.17, 15) is 24.9 Å². The quantitative estimate of drug-likeness (QED) is 0.178. The van der Waals surface area contributed by atoms with Crippen molar-refractivity contribution in [3.8, 4) is 68.3 Å². The van der Waals surface area contributed by atoms with E-state index in [4.69, 9.17) is 23.0 Å². The molecule has 3 N–H and O–H groups in total. The van der Waals surface area contributed by atoms with Gasteiger partial charge in [-0.3, -0.25) is 9.59 Å². The number of rotatable bonds is 5. The highest BCUT2D eigenvalue weighted by Gasteiger charge is 2.32. The van der Waals surface area contributed by atoms with E-state index in [1.807, 2.05) is 13.8 Å². The number of hydrogen-bond acceptors (Lipinski definition) is 10. The van der Waals surface area contributed by atoms with Crippen molar-refractivity contribution in [2.24, 2.45) is 0 Å². The molecule has 47 heavy (non-hydrogen) atoms. The monoisotopic (exact) mass is 632 g/mol. The first-order valence-electron chi connectivity index (χ1n) is 14.6. The second-order valence-corrected chi connectivity index (χ2v) is 11.6. The minimum Gasteiger partial charge on any atom is -0.507 e. The van der Waals surface area contributed by atoms with Gasteiger partial charge < -0.3 is 38.4 Å². The van der Waals surface area contributed by atoms with Crippen molar-refractivity contribution in [3.63, 3.8) is 0 Å². The number of phenolic OH excluding ortho intramolecular Hbond substituents is 3. The Labute approximate surface area is 266 Å². The Morgan fingerprint density at radius 2 is 1.36 bits per heavy atom.